The quantitative estimate of drug-likeness (QED) is 0.843. The molecule has 0 N–H and O–H groups in total. The number of fused-ring (bicyclic) bond motifs is 1. The lowest BCUT2D eigenvalue weighted by atomic mass is 10.1. The second kappa shape index (κ2) is 6.43. The van der Waals surface area contributed by atoms with Crippen molar-refractivity contribution in [1.82, 2.24) is 19.2 Å². The van der Waals surface area contributed by atoms with Crippen LogP contribution < -0.4 is 0 Å². The molecule has 1 fully saturated rings. The van der Waals surface area contributed by atoms with Crippen molar-refractivity contribution < 1.29 is 9.53 Å². The minimum atomic E-state index is 0.0735. The van der Waals surface area contributed by atoms with Crippen LogP contribution in [0.2, 0.25) is 0 Å². The van der Waals surface area contributed by atoms with Gasteiger partial charge in [0.2, 0.25) is 0 Å². The zero-order chi connectivity index (χ0) is 16.5. The van der Waals surface area contributed by atoms with Gasteiger partial charge in [-0.15, -0.1) is 0 Å². The first kappa shape index (κ1) is 15.4. The van der Waals surface area contributed by atoms with E-state index in [9.17, 15) is 4.79 Å². The van der Waals surface area contributed by atoms with Crippen LogP contribution in [-0.2, 0) is 24.9 Å². The van der Waals surface area contributed by atoms with Crippen LogP contribution in [0.25, 0.3) is 0 Å². The van der Waals surface area contributed by atoms with Gasteiger partial charge >= 0.3 is 0 Å². The molecule has 2 aromatic rings. The van der Waals surface area contributed by atoms with Gasteiger partial charge in [0.05, 0.1) is 18.8 Å². The molecule has 1 aliphatic carbocycles. The van der Waals surface area contributed by atoms with Gasteiger partial charge in [-0.2, -0.15) is 5.10 Å². The van der Waals surface area contributed by atoms with Crippen LogP contribution >= 0.6 is 0 Å². The number of nitrogens with zero attached hydrogens (tertiary/aromatic N) is 4. The molecule has 24 heavy (non-hydrogen) atoms. The largest absolute Gasteiger partial charge is 0.381 e. The predicted molar refractivity (Wildman–Crippen MR) is 89.4 cm³/mol. The van der Waals surface area contributed by atoms with Gasteiger partial charge in [0.15, 0.2) is 0 Å². The molecule has 1 aliphatic heterocycles. The number of hydrogen-bond acceptors (Lipinski definition) is 3. The van der Waals surface area contributed by atoms with Crippen molar-refractivity contribution in [3.8, 4) is 0 Å². The number of hydrogen-bond donors (Lipinski definition) is 0. The van der Waals surface area contributed by atoms with Crippen LogP contribution in [0.4, 0.5) is 0 Å². The molecule has 0 saturated heterocycles. The van der Waals surface area contributed by atoms with Crippen LogP contribution in [0.15, 0.2) is 30.6 Å². The summed E-state index contributed by atoms with van der Waals surface area (Å²) in [5, 5.41) is 4.41. The van der Waals surface area contributed by atoms with Crippen LogP contribution in [-0.4, -0.2) is 44.9 Å². The molecule has 0 radical (unpaired) electrons. The van der Waals surface area contributed by atoms with E-state index in [4.69, 9.17) is 4.74 Å². The van der Waals surface area contributed by atoms with Gasteiger partial charge < -0.3 is 14.2 Å². The summed E-state index contributed by atoms with van der Waals surface area (Å²) in [5.41, 5.74) is 1.81. The summed E-state index contributed by atoms with van der Waals surface area (Å²) in [6, 6.07) is 5.79. The number of ether oxygens (including phenoxy) is 1. The summed E-state index contributed by atoms with van der Waals surface area (Å²) in [6.07, 6.45) is 6.32. The first-order valence-corrected chi connectivity index (χ1v) is 8.69. The highest BCUT2D eigenvalue weighted by Crippen LogP contribution is 2.29. The zero-order valence-electron chi connectivity index (χ0n) is 14.1. The Morgan fingerprint density at radius 2 is 2.08 bits per heavy atom. The molecule has 2 aliphatic rings. The molecule has 4 rings (SSSR count). The topological polar surface area (TPSA) is 52.3 Å². The second-order valence-corrected chi connectivity index (χ2v) is 7.04. The maximum Gasteiger partial charge on any atom is 0.270 e. The van der Waals surface area contributed by atoms with E-state index in [2.05, 4.69) is 5.10 Å². The van der Waals surface area contributed by atoms with Gasteiger partial charge in [-0.25, -0.2) is 0 Å². The van der Waals surface area contributed by atoms with Crippen molar-refractivity contribution in [1.29, 1.82) is 0 Å². The molecule has 0 bridgehead atoms. The molecule has 1 amide bonds. The fraction of sp³-hybridized carbons (Fsp3) is 0.556. The highest BCUT2D eigenvalue weighted by Gasteiger charge is 2.28. The van der Waals surface area contributed by atoms with E-state index in [-0.39, 0.29) is 11.8 Å². The number of amides is 1. The fourth-order valence-electron chi connectivity index (χ4n) is 3.32. The Bertz CT molecular complexity index is 716. The van der Waals surface area contributed by atoms with E-state index in [0.717, 1.165) is 30.5 Å². The Hall–Kier alpha value is -2.08. The van der Waals surface area contributed by atoms with Gasteiger partial charge in [0.1, 0.15) is 5.69 Å². The number of carbonyl (C=O) groups is 1. The summed E-state index contributed by atoms with van der Waals surface area (Å²) in [5.74, 6) is 1.11. The monoisotopic (exact) mass is 328 g/mol. The molecule has 1 saturated carbocycles. The van der Waals surface area contributed by atoms with Gasteiger partial charge in [0, 0.05) is 45.1 Å². The highest BCUT2D eigenvalue weighted by atomic mass is 16.5. The maximum absolute atomic E-state index is 12.9. The molecule has 0 spiro atoms. The molecule has 6 heteroatoms. The SMILES string of the molecule is Cn1cccc1C(=O)N1Cc2ccnn2C[C@H](COCC2CC2)C1. The van der Waals surface area contributed by atoms with Crippen LogP contribution in [0.1, 0.15) is 29.0 Å². The van der Waals surface area contributed by atoms with Crippen LogP contribution in [0, 0.1) is 11.8 Å². The molecule has 2 aromatic heterocycles. The van der Waals surface area contributed by atoms with Crippen molar-refractivity contribution in [3.63, 3.8) is 0 Å². The maximum atomic E-state index is 12.9. The third-order valence-electron chi connectivity index (χ3n) is 4.92. The molecule has 6 nitrogen and oxygen atoms in total. The number of rotatable bonds is 5. The summed E-state index contributed by atoms with van der Waals surface area (Å²) in [6.45, 7) is 3.66. The highest BCUT2D eigenvalue weighted by molar-refractivity contribution is 5.92. The number of carbonyl (C=O) groups excluding carboxylic acids is 1. The lowest BCUT2D eigenvalue weighted by Gasteiger charge is -2.24. The lowest BCUT2D eigenvalue weighted by Crippen LogP contribution is -2.36. The molecule has 0 aromatic carbocycles. The van der Waals surface area contributed by atoms with Crippen molar-refractivity contribution >= 4 is 5.91 Å². The first-order valence-electron chi connectivity index (χ1n) is 8.69. The second-order valence-electron chi connectivity index (χ2n) is 7.04. The van der Waals surface area contributed by atoms with Gasteiger partial charge in [-0.3, -0.25) is 9.48 Å². The standard InChI is InChI=1S/C18H24N4O2/c1-20-8-2-3-17(20)18(23)21-9-15(13-24-12-14-4-5-14)10-22-16(11-21)6-7-19-22/h2-3,6-8,14-15H,4-5,9-13H2,1H3/t15-/m1/s1. The molecular weight excluding hydrogens is 304 g/mol. The minimum absolute atomic E-state index is 0.0735. The van der Waals surface area contributed by atoms with Gasteiger partial charge in [-0.1, -0.05) is 0 Å². The lowest BCUT2D eigenvalue weighted by molar-refractivity contribution is 0.0562. The summed E-state index contributed by atoms with van der Waals surface area (Å²) < 4.78 is 9.80. The summed E-state index contributed by atoms with van der Waals surface area (Å²) in [7, 11) is 1.91. The summed E-state index contributed by atoms with van der Waals surface area (Å²) >= 11 is 0. The Labute approximate surface area is 142 Å². The first-order chi connectivity index (χ1) is 11.7. The fourth-order valence-corrected chi connectivity index (χ4v) is 3.32. The molecule has 0 unspecified atom stereocenters. The van der Waals surface area contributed by atoms with Crippen LogP contribution in [0.5, 0.6) is 0 Å². The Morgan fingerprint density at radius 1 is 1.25 bits per heavy atom. The van der Waals surface area contributed by atoms with E-state index < -0.39 is 0 Å². The van der Waals surface area contributed by atoms with Crippen molar-refractivity contribution in [2.24, 2.45) is 18.9 Å². The molecule has 128 valence electrons. The van der Waals surface area contributed by atoms with Crippen molar-refractivity contribution in [2.45, 2.75) is 25.9 Å². The number of aromatic nitrogens is 3. The normalized spacial score (nSPS) is 20.7. The van der Waals surface area contributed by atoms with Crippen molar-refractivity contribution in [2.75, 3.05) is 19.8 Å². The Kier molecular flexibility index (Phi) is 4.14. The third kappa shape index (κ3) is 3.24. The van der Waals surface area contributed by atoms with E-state index >= 15 is 0 Å². The smallest absolute Gasteiger partial charge is 0.270 e. The van der Waals surface area contributed by atoms with E-state index in [0.29, 0.717) is 19.7 Å². The molecular formula is C18H24N4O2. The Morgan fingerprint density at radius 3 is 2.83 bits per heavy atom. The molecule has 1 atom stereocenters. The average Bonchev–Trinajstić information content (AvgIpc) is 3.19. The van der Waals surface area contributed by atoms with E-state index in [1.165, 1.54) is 12.8 Å². The molecule has 3 heterocycles. The van der Waals surface area contributed by atoms with E-state index in [1.54, 1.807) is 0 Å². The Balaban J connectivity index is 1.50. The average molecular weight is 328 g/mol. The van der Waals surface area contributed by atoms with Crippen LogP contribution in [0.3, 0.4) is 0 Å². The third-order valence-corrected chi connectivity index (χ3v) is 4.92. The van der Waals surface area contributed by atoms with Gasteiger partial charge in [0.25, 0.3) is 5.91 Å². The van der Waals surface area contributed by atoms with Crippen molar-refractivity contribution in [3.05, 3.63) is 42.0 Å². The van der Waals surface area contributed by atoms with Gasteiger partial charge in [-0.05, 0) is 37.0 Å². The minimum Gasteiger partial charge on any atom is -0.381 e. The summed E-state index contributed by atoms with van der Waals surface area (Å²) in [4.78, 5) is 14.9. The number of aryl methyl sites for hydroxylation is 1. The predicted octanol–water partition coefficient (Wildman–Crippen LogP) is 1.92. The van der Waals surface area contributed by atoms with E-state index in [1.807, 2.05) is 51.8 Å². The zero-order valence-corrected chi connectivity index (χ0v) is 14.1.